The molecule has 2 saturated heterocycles. The van der Waals surface area contributed by atoms with Crippen LogP contribution < -0.4 is 0 Å². The van der Waals surface area contributed by atoms with Crippen molar-refractivity contribution in [2.24, 2.45) is 0 Å². The molecule has 2 aliphatic heterocycles. The summed E-state index contributed by atoms with van der Waals surface area (Å²) in [4.78, 5) is 24.8. The molecule has 3 rings (SSSR count). The lowest BCUT2D eigenvalue weighted by molar-refractivity contribution is -0.157. The van der Waals surface area contributed by atoms with Crippen molar-refractivity contribution in [2.45, 2.75) is 44.0 Å². The molecule has 0 saturated carbocycles. The fourth-order valence-corrected chi connectivity index (χ4v) is 3.26. The van der Waals surface area contributed by atoms with E-state index in [1.165, 1.54) is 0 Å². The number of aliphatic carboxylic acids is 1. The Kier molecular flexibility index (Phi) is 4.52. The fourth-order valence-electron chi connectivity index (χ4n) is 3.26. The number of carboxylic acids is 1. The Morgan fingerprint density at radius 2 is 1.91 bits per heavy atom. The molecule has 1 spiro atoms. The summed E-state index contributed by atoms with van der Waals surface area (Å²) in [5.41, 5.74) is 0.581. The molecule has 0 bridgehead atoms. The van der Waals surface area contributed by atoms with Crippen LogP contribution in [0.5, 0.6) is 0 Å². The largest absolute Gasteiger partial charge is 0.479 e. The van der Waals surface area contributed by atoms with Gasteiger partial charge < -0.3 is 19.5 Å². The number of benzene rings is 1. The van der Waals surface area contributed by atoms with Gasteiger partial charge in [0.25, 0.3) is 0 Å². The fraction of sp³-hybridized carbons (Fsp3) is 0.529. The number of hydrogen-bond donors (Lipinski definition) is 1. The van der Waals surface area contributed by atoms with Crippen LogP contribution in [0.25, 0.3) is 0 Å². The van der Waals surface area contributed by atoms with Crippen molar-refractivity contribution in [1.82, 2.24) is 4.90 Å². The van der Waals surface area contributed by atoms with E-state index >= 15 is 0 Å². The average molecular weight is 319 g/mol. The number of likely N-dealkylation sites (tertiary alicyclic amines) is 1. The third-order valence-corrected chi connectivity index (χ3v) is 4.67. The van der Waals surface area contributed by atoms with Crippen molar-refractivity contribution in [3.05, 3.63) is 35.9 Å². The van der Waals surface area contributed by atoms with Gasteiger partial charge in [0.1, 0.15) is 6.61 Å². The van der Waals surface area contributed by atoms with Gasteiger partial charge in [0.2, 0.25) is 0 Å². The van der Waals surface area contributed by atoms with E-state index in [4.69, 9.17) is 14.6 Å². The zero-order valence-electron chi connectivity index (χ0n) is 12.9. The van der Waals surface area contributed by atoms with E-state index in [0.717, 1.165) is 12.0 Å². The summed E-state index contributed by atoms with van der Waals surface area (Å²) in [6.45, 7) is 1.35. The highest BCUT2D eigenvalue weighted by molar-refractivity contribution is 5.72. The number of carbonyl (C=O) groups is 2. The van der Waals surface area contributed by atoms with Crippen LogP contribution in [-0.2, 0) is 20.9 Å². The molecule has 124 valence electrons. The predicted molar refractivity (Wildman–Crippen MR) is 81.9 cm³/mol. The highest BCUT2D eigenvalue weighted by atomic mass is 16.6. The van der Waals surface area contributed by atoms with Gasteiger partial charge in [0, 0.05) is 13.1 Å². The summed E-state index contributed by atoms with van der Waals surface area (Å²) in [5, 5.41) is 9.04. The first-order valence-corrected chi connectivity index (χ1v) is 7.94. The molecular formula is C17H21NO5. The minimum atomic E-state index is -0.897. The lowest BCUT2D eigenvalue weighted by Crippen LogP contribution is -2.47. The third kappa shape index (κ3) is 3.64. The van der Waals surface area contributed by atoms with Crippen LogP contribution >= 0.6 is 0 Å². The standard InChI is InChI=1S/C17H21NO5/c19-15(20)14-6-7-17(23-14)8-10-18(11-9-17)16(21)22-12-13-4-2-1-3-5-13/h1-5,14H,6-12H2,(H,19,20). The Bertz CT molecular complexity index is 566. The minimum Gasteiger partial charge on any atom is -0.479 e. The number of piperidine rings is 1. The van der Waals surface area contributed by atoms with Crippen LogP contribution in [-0.4, -0.2) is 46.9 Å². The molecule has 2 aliphatic rings. The second kappa shape index (κ2) is 6.58. The molecule has 2 fully saturated rings. The normalized spacial score (nSPS) is 23.0. The molecule has 1 atom stereocenters. The average Bonchev–Trinajstić information content (AvgIpc) is 2.98. The molecule has 23 heavy (non-hydrogen) atoms. The zero-order chi connectivity index (χ0) is 16.3. The number of carbonyl (C=O) groups excluding carboxylic acids is 1. The Morgan fingerprint density at radius 3 is 2.52 bits per heavy atom. The molecule has 0 aromatic heterocycles. The van der Waals surface area contributed by atoms with E-state index in [1.54, 1.807) is 4.90 Å². The number of nitrogens with zero attached hydrogens (tertiary/aromatic N) is 1. The van der Waals surface area contributed by atoms with Gasteiger partial charge in [0.15, 0.2) is 6.10 Å². The van der Waals surface area contributed by atoms with Crippen molar-refractivity contribution < 1.29 is 24.2 Å². The van der Waals surface area contributed by atoms with E-state index in [0.29, 0.717) is 32.4 Å². The molecular weight excluding hydrogens is 298 g/mol. The maximum atomic E-state index is 12.1. The molecule has 2 heterocycles. The molecule has 0 aliphatic carbocycles. The smallest absolute Gasteiger partial charge is 0.410 e. The van der Waals surface area contributed by atoms with Crippen LogP contribution in [0.3, 0.4) is 0 Å². The molecule has 1 aromatic carbocycles. The molecule has 1 aromatic rings. The van der Waals surface area contributed by atoms with E-state index in [2.05, 4.69) is 0 Å². The summed E-state index contributed by atoms with van der Waals surface area (Å²) < 4.78 is 11.1. The van der Waals surface area contributed by atoms with Crippen molar-refractivity contribution in [1.29, 1.82) is 0 Å². The van der Waals surface area contributed by atoms with Crippen LogP contribution in [0.1, 0.15) is 31.2 Å². The van der Waals surface area contributed by atoms with Gasteiger partial charge in [-0.25, -0.2) is 9.59 Å². The summed E-state index contributed by atoms with van der Waals surface area (Å²) in [6, 6.07) is 9.56. The summed E-state index contributed by atoms with van der Waals surface area (Å²) in [6.07, 6.45) is 1.60. The quantitative estimate of drug-likeness (QED) is 0.926. The Labute approximate surface area is 135 Å². The Morgan fingerprint density at radius 1 is 1.22 bits per heavy atom. The van der Waals surface area contributed by atoms with E-state index in [-0.39, 0.29) is 18.3 Å². The minimum absolute atomic E-state index is 0.263. The van der Waals surface area contributed by atoms with Crippen LogP contribution in [0, 0.1) is 0 Å². The van der Waals surface area contributed by atoms with Crippen molar-refractivity contribution in [2.75, 3.05) is 13.1 Å². The first kappa shape index (κ1) is 15.8. The topological polar surface area (TPSA) is 76.1 Å². The lowest BCUT2D eigenvalue weighted by Gasteiger charge is -2.38. The van der Waals surface area contributed by atoms with Gasteiger partial charge in [-0.3, -0.25) is 0 Å². The van der Waals surface area contributed by atoms with Crippen LogP contribution in [0.2, 0.25) is 0 Å². The molecule has 1 N–H and O–H groups in total. The molecule has 6 heteroatoms. The zero-order valence-corrected chi connectivity index (χ0v) is 12.9. The monoisotopic (exact) mass is 319 g/mol. The van der Waals surface area contributed by atoms with Gasteiger partial charge >= 0.3 is 12.1 Å². The Balaban J connectivity index is 1.47. The number of rotatable bonds is 3. The molecule has 0 radical (unpaired) electrons. The second-order valence-electron chi connectivity index (χ2n) is 6.19. The van der Waals surface area contributed by atoms with E-state index in [9.17, 15) is 9.59 Å². The first-order chi connectivity index (χ1) is 11.1. The highest BCUT2D eigenvalue weighted by Gasteiger charge is 2.45. The lowest BCUT2D eigenvalue weighted by atomic mass is 9.89. The number of amides is 1. The Hall–Kier alpha value is -2.08. The first-order valence-electron chi connectivity index (χ1n) is 7.94. The van der Waals surface area contributed by atoms with E-state index < -0.39 is 12.1 Å². The van der Waals surface area contributed by atoms with Crippen molar-refractivity contribution >= 4 is 12.1 Å². The molecule has 1 unspecified atom stereocenters. The van der Waals surface area contributed by atoms with Crippen molar-refractivity contribution in [3.63, 3.8) is 0 Å². The maximum Gasteiger partial charge on any atom is 0.410 e. The van der Waals surface area contributed by atoms with Gasteiger partial charge in [-0.1, -0.05) is 30.3 Å². The summed E-state index contributed by atoms with van der Waals surface area (Å²) in [7, 11) is 0. The van der Waals surface area contributed by atoms with Gasteiger partial charge in [-0.15, -0.1) is 0 Å². The SMILES string of the molecule is O=C(O)C1CCC2(CCN(C(=O)OCc3ccccc3)CC2)O1. The van der Waals surface area contributed by atoms with Gasteiger partial charge in [0.05, 0.1) is 5.60 Å². The number of hydrogen-bond acceptors (Lipinski definition) is 4. The number of ether oxygens (including phenoxy) is 2. The third-order valence-electron chi connectivity index (χ3n) is 4.67. The van der Waals surface area contributed by atoms with Crippen LogP contribution in [0.4, 0.5) is 4.79 Å². The highest BCUT2D eigenvalue weighted by Crippen LogP contribution is 2.39. The molecule has 6 nitrogen and oxygen atoms in total. The number of carboxylic acid groups (broad SMARTS) is 1. The van der Waals surface area contributed by atoms with E-state index in [1.807, 2.05) is 30.3 Å². The van der Waals surface area contributed by atoms with Gasteiger partial charge in [-0.2, -0.15) is 0 Å². The summed E-state index contributed by atoms with van der Waals surface area (Å²) >= 11 is 0. The predicted octanol–water partition coefficient (Wildman–Crippen LogP) is 2.42. The molecule has 1 amide bonds. The van der Waals surface area contributed by atoms with Crippen LogP contribution in [0.15, 0.2) is 30.3 Å². The maximum absolute atomic E-state index is 12.1. The summed E-state index contributed by atoms with van der Waals surface area (Å²) in [5.74, 6) is -0.897. The van der Waals surface area contributed by atoms with Crippen molar-refractivity contribution in [3.8, 4) is 0 Å². The second-order valence-corrected chi connectivity index (χ2v) is 6.19. The van der Waals surface area contributed by atoms with Gasteiger partial charge in [-0.05, 0) is 31.2 Å².